The molecule has 0 fully saturated rings. The molecule has 0 saturated carbocycles. The van der Waals surface area contributed by atoms with E-state index in [2.05, 4.69) is 19.2 Å². The van der Waals surface area contributed by atoms with Gasteiger partial charge in [-0.3, -0.25) is 9.59 Å². The van der Waals surface area contributed by atoms with Crippen LogP contribution in [0.5, 0.6) is 0 Å². The number of hydrogen-bond donors (Lipinski definition) is 1. The van der Waals surface area contributed by atoms with Crippen LogP contribution < -0.4 is 5.32 Å². The van der Waals surface area contributed by atoms with Crippen LogP contribution in [-0.4, -0.2) is 36.3 Å². The number of hydrogen-bond acceptors (Lipinski definition) is 2. The second kappa shape index (κ2) is 11.1. The Kier molecular flexibility index (Phi) is 10.4. The van der Waals surface area contributed by atoms with Crippen molar-refractivity contribution in [2.45, 2.75) is 59.3 Å². The average Bonchev–Trinajstić information content (AvgIpc) is 2.33. The molecule has 0 aliphatic carbocycles. The molecule has 2 amide bonds. The highest BCUT2D eigenvalue weighted by Crippen LogP contribution is 1.99. The van der Waals surface area contributed by atoms with Crippen molar-refractivity contribution in [1.29, 1.82) is 0 Å². The molecule has 0 rings (SSSR count). The topological polar surface area (TPSA) is 49.4 Å². The van der Waals surface area contributed by atoms with Crippen LogP contribution in [0.3, 0.4) is 0 Å². The van der Waals surface area contributed by atoms with Gasteiger partial charge in [-0.25, -0.2) is 0 Å². The Hall–Kier alpha value is -1.06. The molecule has 0 aromatic rings. The quantitative estimate of drug-likeness (QED) is 0.610. The van der Waals surface area contributed by atoms with Gasteiger partial charge in [0.2, 0.25) is 11.8 Å². The number of rotatable bonds is 10. The number of nitrogens with one attached hydrogen (secondary N) is 1. The summed E-state index contributed by atoms with van der Waals surface area (Å²) in [6.07, 6.45) is 6.48. The van der Waals surface area contributed by atoms with Gasteiger partial charge in [0, 0.05) is 20.0 Å². The van der Waals surface area contributed by atoms with E-state index in [1.165, 1.54) is 6.92 Å². The van der Waals surface area contributed by atoms with Gasteiger partial charge in [0.25, 0.3) is 0 Å². The van der Waals surface area contributed by atoms with E-state index in [-0.39, 0.29) is 18.4 Å². The Morgan fingerprint density at radius 3 is 2.17 bits per heavy atom. The lowest BCUT2D eigenvalue weighted by Crippen LogP contribution is -2.40. The molecule has 0 bridgehead atoms. The van der Waals surface area contributed by atoms with Gasteiger partial charge in [-0.1, -0.05) is 39.5 Å². The van der Waals surface area contributed by atoms with Gasteiger partial charge in [-0.15, -0.1) is 0 Å². The van der Waals surface area contributed by atoms with Crippen LogP contribution in [0.4, 0.5) is 0 Å². The van der Waals surface area contributed by atoms with Gasteiger partial charge >= 0.3 is 0 Å². The highest BCUT2D eigenvalue weighted by molar-refractivity contribution is 5.83. The summed E-state index contributed by atoms with van der Waals surface area (Å²) in [6.45, 7) is 7.38. The van der Waals surface area contributed by atoms with Crippen LogP contribution >= 0.6 is 0 Å². The van der Waals surface area contributed by atoms with Gasteiger partial charge in [0.15, 0.2) is 0 Å². The third-order valence-electron chi connectivity index (χ3n) is 2.91. The zero-order chi connectivity index (χ0) is 13.8. The maximum absolute atomic E-state index is 11.6. The molecule has 0 atom stereocenters. The maximum atomic E-state index is 11.6. The molecule has 1 N–H and O–H groups in total. The Balaban J connectivity index is 3.85. The second-order valence-corrected chi connectivity index (χ2v) is 4.70. The Bertz CT molecular complexity index is 242. The lowest BCUT2D eigenvalue weighted by atomic mass is 10.2. The third-order valence-corrected chi connectivity index (χ3v) is 2.91. The summed E-state index contributed by atoms with van der Waals surface area (Å²) in [6, 6.07) is 0. The zero-order valence-electron chi connectivity index (χ0n) is 12.1. The van der Waals surface area contributed by atoms with Crippen molar-refractivity contribution in [3.63, 3.8) is 0 Å². The first-order chi connectivity index (χ1) is 8.61. The molecule has 106 valence electrons. The van der Waals surface area contributed by atoms with Gasteiger partial charge < -0.3 is 10.2 Å². The minimum atomic E-state index is -0.0437. The van der Waals surface area contributed by atoms with Crippen molar-refractivity contribution in [2.24, 2.45) is 0 Å². The third kappa shape index (κ3) is 9.02. The highest BCUT2D eigenvalue weighted by atomic mass is 16.2. The van der Waals surface area contributed by atoms with E-state index in [1.807, 2.05) is 0 Å². The fourth-order valence-corrected chi connectivity index (χ4v) is 1.73. The number of unbranched alkanes of at least 4 members (excludes halogenated alkanes) is 4. The largest absolute Gasteiger partial charge is 0.355 e. The Morgan fingerprint density at radius 1 is 1.00 bits per heavy atom. The van der Waals surface area contributed by atoms with Crippen molar-refractivity contribution in [3.8, 4) is 0 Å². The summed E-state index contributed by atoms with van der Waals surface area (Å²) < 4.78 is 0. The smallest absolute Gasteiger partial charge is 0.239 e. The number of amides is 2. The summed E-state index contributed by atoms with van der Waals surface area (Å²) in [5.41, 5.74) is 0. The Labute approximate surface area is 111 Å². The first-order valence-electron chi connectivity index (χ1n) is 7.14. The lowest BCUT2D eigenvalue weighted by Gasteiger charge is -2.20. The maximum Gasteiger partial charge on any atom is 0.239 e. The number of nitrogens with zero attached hydrogens (tertiary/aromatic N) is 1. The number of carbonyl (C=O) groups excluding carboxylic acids is 2. The van der Waals surface area contributed by atoms with E-state index in [0.717, 1.165) is 38.5 Å². The van der Waals surface area contributed by atoms with Crippen molar-refractivity contribution >= 4 is 11.8 Å². The average molecular weight is 256 g/mol. The first kappa shape index (κ1) is 16.9. The van der Waals surface area contributed by atoms with Crippen molar-refractivity contribution in [2.75, 3.05) is 19.6 Å². The molecule has 0 saturated heterocycles. The van der Waals surface area contributed by atoms with Crippen LogP contribution in [0.25, 0.3) is 0 Å². The highest BCUT2D eigenvalue weighted by Gasteiger charge is 2.12. The molecule has 0 aliphatic heterocycles. The fraction of sp³-hybridized carbons (Fsp3) is 0.857. The molecule has 0 unspecified atom stereocenters. The van der Waals surface area contributed by atoms with Crippen LogP contribution in [0.1, 0.15) is 59.3 Å². The molecule has 18 heavy (non-hydrogen) atoms. The molecule has 0 aliphatic rings. The minimum absolute atomic E-state index is 0.0187. The van der Waals surface area contributed by atoms with Gasteiger partial charge in [-0.05, 0) is 12.8 Å². The molecule has 0 aromatic heterocycles. The van der Waals surface area contributed by atoms with Crippen molar-refractivity contribution in [3.05, 3.63) is 0 Å². The summed E-state index contributed by atoms with van der Waals surface area (Å²) in [5.74, 6) is -0.0624. The molecule has 0 spiro atoms. The number of carbonyl (C=O) groups is 2. The van der Waals surface area contributed by atoms with Crippen LogP contribution in [0, 0.1) is 0 Å². The molecule has 4 nitrogen and oxygen atoms in total. The first-order valence-corrected chi connectivity index (χ1v) is 7.14. The second-order valence-electron chi connectivity index (χ2n) is 4.70. The molecular formula is C14H28N2O2. The van der Waals surface area contributed by atoms with Crippen LogP contribution in [0.2, 0.25) is 0 Å². The van der Waals surface area contributed by atoms with E-state index in [4.69, 9.17) is 0 Å². The van der Waals surface area contributed by atoms with E-state index < -0.39 is 0 Å². The van der Waals surface area contributed by atoms with Crippen LogP contribution in [-0.2, 0) is 9.59 Å². The van der Waals surface area contributed by atoms with Gasteiger partial charge in [0.1, 0.15) is 0 Å². The van der Waals surface area contributed by atoms with Crippen molar-refractivity contribution < 1.29 is 9.59 Å². The predicted molar refractivity (Wildman–Crippen MR) is 74.3 cm³/mol. The van der Waals surface area contributed by atoms with Gasteiger partial charge in [-0.2, -0.15) is 0 Å². The Morgan fingerprint density at radius 2 is 1.61 bits per heavy atom. The molecule has 4 heteroatoms. The molecular weight excluding hydrogens is 228 g/mol. The van der Waals surface area contributed by atoms with E-state index in [0.29, 0.717) is 13.1 Å². The fourth-order valence-electron chi connectivity index (χ4n) is 1.73. The molecule has 0 aromatic carbocycles. The van der Waals surface area contributed by atoms with E-state index in [9.17, 15) is 9.59 Å². The zero-order valence-corrected chi connectivity index (χ0v) is 12.1. The monoisotopic (exact) mass is 256 g/mol. The van der Waals surface area contributed by atoms with Gasteiger partial charge in [0.05, 0.1) is 6.54 Å². The summed E-state index contributed by atoms with van der Waals surface area (Å²) in [4.78, 5) is 24.7. The van der Waals surface area contributed by atoms with E-state index >= 15 is 0 Å². The predicted octanol–water partition coefficient (Wildman–Crippen LogP) is 2.33. The van der Waals surface area contributed by atoms with E-state index in [1.54, 1.807) is 4.90 Å². The summed E-state index contributed by atoms with van der Waals surface area (Å²) in [7, 11) is 0. The standard InChI is InChI=1S/C14H28N2O2/c1-4-6-8-10-15-14(18)12-16(13(3)17)11-9-7-5-2/h4-12H2,1-3H3,(H,15,18). The summed E-state index contributed by atoms with van der Waals surface area (Å²) >= 11 is 0. The SMILES string of the molecule is CCCCCNC(=O)CN(CCCCC)C(C)=O. The van der Waals surface area contributed by atoms with Crippen molar-refractivity contribution in [1.82, 2.24) is 10.2 Å². The molecule has 0 heterocycles. The lowest BCUT2D eigenvalue weighted by molar-refractivity contribution is -0.134. The minimum Gasteiger partial charge on any atom is -0.355 e. The molecule has 0 radical (unpaired) electrons. The van der Waals surface area contributed by atoms with Crippen LogP contribution in [0.15, 0.2) is 0 Å². The summed E-state index contributed by atoms with van der Waals surface area (Å²) in [5, 5.41) is 2.86. The normalized spacial score (nSPS) is 10.2.